The van der Waals surface area contributed by atoms with Crippen LogP contribution in [0.1, 0.15) is 27.5 Å². The summed E-state index contributed by atoms with van der Waals surface area (Å²) in [7, 11) is 0. The molecule has 0 bridgehead atoms. The van der Waals surface area contributed by atoms with Crippen LogP contribution in [0.4, 0.5) is 11.4 Å². The summed E-state index contributed by atoms with van der Waals surface area (Å²) in [5, 5.41) is 12.7. The number of rotatable bonds is 4. The molecule has 2 amide bonds. The Kier molecular flexibility index (Phi) is 5.97. The van der Waals surface area contributed by atoms with Crippen molar-refractivity contribution in [1.82, 2.24) is 0 Å². The molecule has 4 rings (SSSR count). The number of carbonyl (C=O) groups excluding carboxylic acids is 2. The van der Waals surface area contributed by atoms with Gasteiger partial charge in [0, 0.05) is 14.3 Å². The Morgan fingerprint density at radius 1 is 1.06 bits per heavy atom. The summed E-state index contributed by atoms with van der Waals surface area (Å²) < 4.78 is 0.836. The smallest absolute Gasteiger partial charge is 0.307 e. The minimum Gasteiger partial charge on any atom is -0.481 e. The van der Waals surface area contributed by atoms with Gasteiger partial charge in [-0.1, -0.05) is 41.9 Å². The summed E-state index contributed by atoms with van der Waals surface area (Å²) >= 11 is 8.13. The maximum atomic E-state index is 13.8. The third-order valence-electron chi connectivity index (χ3n) is 4.97. The highest BCUT2D eigenvalue weighted by molar-refractivity contribution is 14.1. The first-order chi connectivity index (χ1) is 14.8. The number of nitrogens with one attached hydrogen (secondary N) is 1. The summed E-state index contributed by atoms with van der Waals surface area (Å²) in [6, 6.07) is 17.6. The van der Waals surface area contributed by atoms with Gasteiger partial charge in [0.15, 0.2) is 0 Å². The van der Waals surface area contributed by atoms with Gasteiger partial charge in [-0.15, -0.1) is 0 Å². The van der Waals surface area contributed by atoms with Gasteiger partial charge in [0.25, 0.3) is 11.8 Å². The zero-order chi connectivity index (χ0) is 22.1. The van der Waals surface area contributed by atoms with Gasteiger partial charge in [-0.3, -0.25) is 19.3 Å². The first-order valence-electron chi connectivity index (χ1n) is 9.34. The van der Waals surface area contributed by atoms with Gasteiger partial charge in [0.05, 0.1) is 17.7 Å². The van der Waals surface area contributed by atoms with Crippen LogP contribution in [-0.2, 0) is 16.0 Å². The fourth-order valence-corrected chi connectivity index (χ4v) is 4.24. The van der Waals surface area contributed by atoms with E-state index in [0.717, 1.165) is 3.57 Å². The number of para-hydroxylation sites is 1. The second kappa shape index (κ2) is 8.68. The van der Waals surface area contributed by atoms with Crippen LogP contribution >= 0.6 is 34.2 Å². The largest absolute Gasteiger partial charge is 0.481 e. The van der Waals surface area contributed by atoms with E-state index < -0.39 is 23.8 Å². The Bertz CT molecular complexity index is 1200. The van der Waals surface area contributed by atoms with E-state index in [0.29, 0.717) is 33.1 Å². The summed E-state index contributed by atoms with van der Waals surface area (Å²) in [4.78, 5) is 40.0. The summed E-state index contributed by atoms with van der Waals surface area (Å²) in [5.41, 5.74) is 2.11. The number of hydrogen-bond acceptors (Lipinski definition) is 3. The highest BCUT2D eigenvalue weighted by Crippen LogP contribution is 2.37. The van der Waals surface area contributed by atoms with Crippen LogP contribution in [0.25, 0.3) is 0 Å². The minimum absolute atomic E-state index is 0.284. The lowest BCUT2D eigenvalue weighted by molar-refractivity contribution is -0.136. The SMILES string of the molecule is O=C(O)Cc1ccccc1N1C(=O)c2cc(I)ccc2NC(=O)C1c1ccc(Cl)cc1. The predicted octanol–water partition coefficient (Wildman–Crippen LogP) is 4.91. The van der Waals surface area contributed by atoms with Crippen molar-refractivity contribution in [3.63, 3.8) is 0 Å². The van der Waals surface area contributed by atoms with Crippen molar-refractivity contribution >= 4 is 63.4 Å². The van der Waals surface area contributed by atoms with Gasteiger partial charge < -0.3 is 10.4 Å². The molecule has 6 nitrogen and oxygen atoms in total. The molecule has 1 unspecified atom stereocenters. The van der Waals surface area contributed by atoms with Crippen LogP contribution in [0.5, 0.6) is 0 Å². The molecule has 0 aliphatic carbocycles. The number of anilines is 2. The van der Waals surface area contributed by atoms with Gasteiger partial charge in [0.2, 0.25) is 0 Å². The quantitative estimate of drug-likeness (QED) is 0.455. The molecule has 8 heteroatoms. The third-order valence-corrected chi connectivity index (χ3v) is 5.90. The average Bonchev–Trinajstić information content (AvgIpc) is 2.83. The molecule has 0 saturated heterocycles. The number of aliphatic carboxylic acids is 1. The van der Waals surface area contributed by atoms with Gasteiger partial charge in [-0.25, -0.2) is 0 Å². The number of halogens is 2. The average molecular weight is 547 g/mol. The van der Waals surface area contributed by atoms with Crippen molar-refractivity contribution in [3.8, 4) is 0 Å². The van der Waals surface area contributed by atoms with Crippen molar-refractivity contribution in [3.05, 3.63) is 92.0 Å². The minimum atomic E-state index is -1.03. The van der Waals surface area contributed by atoms with Gasteiger partial charge in [-0.05, 0) is 70.1 Å². The molecule has 0 aromatic heterocycles. The first kappa shape index (κ1) is 21.3. The lowest BCUT2D eigenvalue weighted by Gasteiger charge is -2.30. The number of carbonyl (C=O) groups is 3. The fraction of sp³-hybridized carbons (Fsp3) is 0.0870. The van der Waals surface area contributed by atoms with Crippen LogP contribution < -0.4 is 10.2 Å². The normalized spacial score (nSPS) is 15.8. The highest BCUT2D eigenvalue weighted by atomic mass is 127. The molecular formula is C23H16ClIN2O4. The molecule has 1 aliphatic rings. The molecule has 0 radical (unpaired) electrons. The molecule has 0 fully saturated rings. The fourth-order valence-electron chi connectivity index (χ4n) is 3.62. The van der Waals surface area contributed by atoms with E-state index in [9.17, 15) is 19.5 Å². The lowest BCUT2D eigenvalue weighted by atomic mass is 10.0. The molecule has 0 saturated carbocycles. The third kappa shape index (κ3) is 4.28. The maximum absolute atomic E-state index is 13.8. The number of hydrogen-bond donors (Lipinski definition) is 2. The molecule has 1 atom stereocenters. The Balaban J connectivity index is 1.96. The van der Waals surface area contributed by atoms with E-state index in [4.69, 9.17) is 11.6 Å². The van der Waals surface area contributed by atoms with E-state index in [1.54, 1.807) is 66.7 Å². The second-order valence-electron chi connectivity index (χ2n) is 7.01. The van der Waals surface area contributed by atoms with Crippen LogP contribution in [0, 0.1) is 3.57 Å². The van der Waals surface area contributed by atoms with E-state index in [-0.39, 0.29) is 6.42 Å². The van der Waals surface area contributed by atoms with E-state index >= 15 is 0 Å². The van der Waals surface area contributed by atoms with Gasteiger partial charge in [-0.2, -0.15) is 0 Å². The van der Waals surface area contributed by atoms with E-state index in [1.807, 2.05) is 0 Å². The molecule has 156 valence electrons. The zero-order valence-corrected chi connectivity index (χ0v) is 18.9. The van der Waals surface area contributed by atoms with Crippen LogP contribution in [-0.4, -0.2) is 22.9 Å². The first-order valence-corrected chi connectivity index (χ1v) is 10.8. The van der Waals surface area contributed by atoms with E-state index in [1.165, 1.54) is 4.90 Å². The molecular weight excluding hydrogens is 531 g/mol. The van der Waals surface area contributed by atoms with Crippen LogP contribution in [0.3, 0.4) is 0 Å². The Hall–Kier alpha value is -2.91. The van der Waals surface area contributed by atoms with Crippen molar-refractivity contribution in [2.45, 2.75) is 12.5 Å². The highest BCUT2D eigenvalue weighted by Gasteiger charge is 2.38. The zero-order valence-electron chi connectivity index (χ0n) is 16.0. The topological polar surface area (TPSA) is 86.7 Å². The molecule has 3 aromatic rings. The molecule has 0 spiro atoms. The maximum Gasteiger partial charge on any atom is 0.307 e. The number of benzene rings is 3. The molecule has 1 heterocycles. The summed E-state index contributed by atoms with van der Waals surface area (Å²) in [5.74, 6) is -1.83. The second-order valence-corrected chi connectivity index (χ2v) is 8.69. The van der Waals surface area contributed by atoms with Crippen molar-refractivity contribution in [1.29, 1.82) is 0 Å². The van der Waals surface area contributed by atoms with Crippen LogP contribution in [0.15, 0.2) is 66.7 Å². The molecule has 3 aromatic carbocycles. The number of amides is 2. The summed E-state index contributed by atoms with van der Waals surface area (Å²) in [6.45, 7) is 0. The van der Waals surface area contributed by atoms with Crippen molar-refractivity contribution in [2.75, 3.05) is 10.2 Å². The van der Waals surface area contributed by atoms with Crippen molar-refractivity contribution < 1.29 is 19.5 Å². The predicted molar refractivity (Wildman–Crippen MR) is 127 cm³/mol. The van der Waals surface area contributed by atoms with Gasteiger partial charge in [0.1, 0.15) is 6.04 Å². The molecule has 1 aliphatic heterocycles. The number of nitrogens with zero attached hydrogens (tertiary/aromatic N) is 1. The standard InChI is InChI=1S/C23H16ClIN2O4/c24-15-7-5-13(6-8-15)21-22(30)26-18-10-9-16(25)12-17(18)23(31)27(21)19-4-2-1-3-14(19)11-20(28)29/h1-10,12,21H,11H2,(H,26,30)(H,28,29). The van der Waals surface area contributed by atoms with E-state index in [2.05, 4.69) is 27.9 Å². The summed E-state index contributed by atoms with van der Waals surface area (Å²) in [6.07, 6.45) is -0.284. The van der Waals surface area contributed by atoms with Gasteiger partial charge >= 0.3 is 5.97 Å². The molecule has 2 N–H and O–H groups in total. The van der Waals surface area contributed by atoms with Crippen molar-refractivity contribution in [2.24, 2.45) is 0 Å². The Morgan fingerprint density at radius 2 is 1.77 bits per heavy atom. The molecule has 31 heavy (non-hydrogen) atoms. The lowest BCUT2D eigenvalue weighted by Crippen LogP contribution is -2.39. The Morgan fingerprint density at radius 3 is 2.48 bits per heavy atom. The Labute approximate surface area is 197 Å². The van der Waals surface area contributed by atoms with Crippen LogP contribution in [0.2, 0.25) is 5.02 Å². The number of carboxylic acids is 1. The number of carboxylic acid groups (broad SMARTS) is 1. The number of fused-ring (bicyclic) bond motifs is 1. The monoisotopic (exact) mass is 546 g/mol.